The van der Waals surface area contributed by atoms with Gasteiger partial charge in [-0.15, -0.1) is 0 Å². The Labute approximate surface area is 162 Å². The summed E-state index contributed by atoms with van der Waals surface area (Å²) >= 11 is 0. The standard InChI is InChI=1S/C18H14N4O7/c1-29-15-5-3-2-4-12(15)21-16(25)9-14(24)17(20-21)18(26)19-11-7-6-10(22(27)28)8-13(11)23/h2-9,23-24H,1H3,(H,19,26). The van der Waals surface area contributed by atoms with E-state index >= 15 is 0 Å². The lowest BCUT2D eigenvalue weighted by molar-refractivity contribution is -0.384. The number of amides is 1. The van der Waals surface area contributed by atoms with E-state index in [9.17, 15) is 29.9 Å². The molecule has 3 rings (SSSR count). The summed E-state index contributed by atoms with van der Waals surface area (Å²) in [7, 11) is 1.40. The average Bonchev–Trinajstić information content (AvgIpc) is 2.69. The number of benzene rings is 2. The molecule has 3 N–H and O–H groups in total. The molecule has 0 aliphatic carbocycles. The zero-order valence-corrected chi connectivity index (χ0v) is 14.9. The Morgan fingerprint density at radius 3 is 2.55 bits per heavy atom. The molecule has 11 heteroatoms. The van der Waals surface area contributed by atoms with Gasteiger partial charge in [0.25, 0.3) is 17.2 Å². The third kappa shape index (κ3) is 3.83. The molecule has 3 aromatic rings. The molecule has 0 atom stereocenters. The number of phenols is 1. The molecule has 148 valence electrons. The summed E-state index contributed by atoms with van der Waals surface area (Å²) in [5.74, 6) is -1.87. The topological polar surface area (TPSA) is 157 Å². The number of carbonyl (C=O) groups excluding carboxylic acids is 1. The SMILES string of the molecule is COc1ccccc1-n1nc(C(=O)Nc2ccc([N+](=O)[O-])cc2O)c(O)cc1=O. The highest BCUT2D eigenvalue weighted by Crippen LogP contribution is 2.29. The summed E-state index contributed by atoms with van der Waals surface area (Å²) in [4.78, 5) is 34.8. The number of para-hydroxylation sites is 2. The number of phenolic OH excluding ortho intramolecular Hbond substituents is 1. The Kier molecular flexibility index (Phi) is 5.13. The smallest absolute Gasteiger partial charge is 0.280 e. The van der Waals surface area contributed by atoms with Gasteiger partial charge < -0.3 is 20.3 Å². The maximum Gasteiger partial charge on any atom is 0.280 e. The van der Waals surface area contributed by atoms with E-state index in [2.05, 4.69) is 10.4 Å². The molecule has 0 aliphatic rings. The summed E-state index contributed by atoms with van der Waals surface area (Å²) in [5.41, 5.74) is -1.48. The number of carbonyl (C=O) groups is 1. The highest BCUT2D eigenvalue weighted by molar-refractivity contribution is 6.05. The highest BCUT2D eigenvalue weighted by Gasteiger charge is 2.20. The molecule has 11 nitrogen and oxygen atoms in total. The molecule has 0 saturated carbocycles. The number of ether oxygens (including phenoxy) is 1. The molecule has 1 aromatic heterocycles. The van der Waals surface area contributed by atoms with Gasteiger partial charge in [0, 0.05) is 12.1 Å². The second-order valence-electron chi connectivity index (χ2n) is 5.71. The lowest BCUT2D eigenvalue weighted by atomic mass is 10.2. The van der Waals surface area contributed by atoms with Gasteiger partial charge in [0.1, 0.15) is 17.2 Å². The molecular weight excluding hydrogens is 384 g/mol. The number of methoxy groups -OCH3 is 1. The van der Waals surface area contributed by atoms with Crippen LogP contribution in [0.1, 0.15) is 10.5 Å². The van der Waals surface area contributed by atoms with Crippen molar-refractivity contribution in [3.8, 4) is 22.9 Å². The molecule has 0 fully saturated rings. The van der Waals surface area contributed by atoms with Crippen LogP contribution in [0.2, 0.25) is 0 Å². The monoisotopic (exact) mass is 398 g/mol. The second-order valence-corrected chi connectivity index (χ2v) is 5.71. The number of nitro groups is 1. The molecule has 0 saturated heterocycles. The lowest BCUT2D eigenvalue weighted by Gasteiger charge is -2.12. The fourth-order valence-corrected chi connectivity index (χ4v) is 2.51. The quantitative estimate of drug-likeness (QED) is 0.334. The van der Waals surface area contributed by atoms with E-state index in [0.717, 1.165) is 28.9 Å². The second kappa shape index (κ2) is 7.68. The van der Waals surface area contributed by atoms with Crippen LogP contribution in [-0.4, -0.2) is 37.9 Å². The zero-order valence-electron chi connectivity index (χ0n) is 14.9. The maximum atomic E-state index is 12.5. The highest BCUT2D eigenvalue weighted by atomic mass is 16.6. The van der Waals surface area contributed by atoms with E-state index < -0.39 is 33.6 Å². The molecule has 0 radical (unpaired) electrons. The fraction of sp³-hybridized carbons (Fsp3) is 0.0556. The van der Waals surface area contributed by atoms with E-state index in [1.807, 2.05) is 0 Å². The minimum absolute atomic E-state index is 0.142. The Balaban J connectivity index is 2.00. The van der Waals surface area contributed by atoms with Crippen LogP contribution < -0.4 is 15.6 Å². The molecule has 0 unspecified atom stereocenters. The van der Waals surface area contributed by atoms with Crippen LogP contribution >= 0.6 is 0 Å². The van der Waals surface area contributed by atoms with Crippen LogP contribution in [0.5, 0.6) is 17.2 Å². The van der Waals surface area contributed by atoms with Crippen molar-refractivity contribution in [2.75, 3.05) is 12.4 Å². The predicted octanol–water partition coefficient (Wildman–Crippen LogP) is 1.81. The zero-order chi connectivity index (χ0) is 21.1. The van der Waals surface area contributed by atoms with E-state index in [1.165, 1.54) is 13.2 Å². The third-order valence-corrected chi connectivity index (χ3v) is 3.88. The Morgan fingerprint density at radius 2 is 1.90 bits per heavy atom. The van der Waals surface area contributed by atoms with Crippen LogP contribution in [0.4, 0.5) is 11.4 Å². The van der Waals surface area contributed by atoms with Crippen molar-refractivity contribution < 1.29 is 24.7 Å². The van der Waals surface area contributed by atoms with Crippen molar-refractivity contribution in [2.45, 2.75) is 0 Å². The normalized spacial score (nSPS) is 10.4. The molecule has 0 spiro atoms. The van der Waals surface area contributed by atoms with Crippen molar-refractivity contribution in [3.05, 3.63) is 74.7 Å². The number of anilines is 1. The van der Waals surface area contributed by atoms with Gasteiger partial charge in [0.15, 0.2) is 11.4 Å². The first kappa shape index (κ1) is 19.4. The third-order valence-electron chi connectivity index (χ3n) is 3.88. The first-order valence-corrected chi connectivity index (χ1v) is 8.07. The number of hydrogen-bond acceptors (Lipinski definition) is 8. The van der Waals surface area contributed by atoms with Crippen LogP contribution in [0, 0.1) is 10.1 Å². The Bertz CT molecular complexity index is 1170. The first-order chi connectivity index (χ1) is 13.8. The number of nitro benzene ring substituents is 1. The Hall–Kier alpha value is -4.41. The number of aromatic hydroxyl groups is 2. The molecule has 0 bridgehead atoms. The van der Waals surface area contributed by atoms with Gasteiger partial charge in [-0.2, -0.15) is 9.78 Å². The van der Waals surface area contributed by atoms with Gasteiger partial charge in [-0.1, -0.05) is 12.1 Å². The van der Waals surface area contributed by atoms with E-state index in [0.29, 0.717) is 5.75 Å². The van der Waals surface area contributed by atoms with Crippen molar-refractivity contribution in [2.24, 2.45) is 0 Å². The number of nitrogens with one attached hydrogen (secondary N) is 1. The molecule has 0 aliphatic heterocycles. The van der Waals surface area contributed by atoms with E-state index in [4.69, 9.17) is 4.74 Å². The van der Waals surface area contributed by atoms with Gasteiger partial charge in [-0.05, 0) is 18.2 Å². The largest absolute Gasteiger partial charge is 0.506 e. The van der Waals surface area contributed by atoms with Crippen molar-refractivity contribution >= 4 is 17.3 Å². The molecule has 2 aromatic carbocycles. The van der Waals surface area contributed by atoms with Crippen LogP contribution in [0.25, 0.3) is 5.69 Å². The minimum Gasteiger partial charge on any atom is -0.506 e. The molecule has 1 heterocycles. The van der Waals surface area contributed by atoms with E-state index in [1.54, 1.807) is 18.2 Å². The molecule has 29 heavy (non-hydrogen) atoms. The number of nitrogens with zero attached hydrogens (tertiary/aromatic N) is 3. The number of rotatable bonds is 5. The van der Waals surface area contributed by atoms with Gasteiger partial charge in [0.05, 0.1) is 23.8 Å². The van der Waals surface area contributed by atoms with Gasteiger partial charge in [0.2, 0.25) is 0 Å². The summed E-state index contributed by atoms with van der Waals surface area (Å²) in [6.45, 7) is 0. The summed E-state index contributed by atoms with van der Waals surface area (Å²) in [6, 6.07) is 10.3. The maximum absolute atomic E-state index is 12.5. The van der Waals surface area contributed by atoms with E-state index in [-0.39, 0.29) is 17.1 Å². The van der Waals surface area contributed by atoms with Crippen LogP contribution in [0.3, 0.4) is 0 Å². The van der Waals surface area contributed by atoms with Crippen molar-refractivity contribution in [3.63, 3.8) is 0 Å². The van der Waals surface area contributed by atoms with Crippen LogP contribution in [0.15, 0.2) is 53.3 Å². The predicted molar refractivity (Wildman–Crippen MR) is 101 cm³/mol. The summed E-state index contributed by atoms with van der Waals surface area (Å²) < 4.78 is 6.05. The van der Waals surface area contributed by atoms with Gasteiger partial charge in [-0.25, -0.2) is 0 Å². The lowest BCUT2D eigenvalue weighted by Crippen LogP contribution is -2.25. The molecular formula is C18H14N4O7. The van der Waals surface area contributed by atoms with Gasteiger partial charge >= 0.3 is 0 Å². The van der Waals surface area contributed by atoms with Crippen LogP contribution in [-0.2, 0) is 0 Å². The first-order valence-electron chi connectivity index (χ1n) is 8.07. The fourth-order valence-electron chi connectivity index (χ4n) is 2.51. The Morgan fingerprint density at radius 1 is 1.17 bits per heavy atom. The van der Waals surface area contributed by atoms with Gasteiger partial charge in [-0.3, -0.25) is 19.7 Å². The molecule has 1 amide bonds. The van der Waals surface area contributed by atoms with Crippen molar-refractivity contribution in [1.82, 2.24) is 9.78 Å². The minimum atomic E-state index is -0.949. The summed E-state index contributed by atoms with van der Waals surface area (Å²) in [6.07, 6.45) is 0. The number of hydrogen-bond donors (Lipinski definition) is 3. The number of aromatic nitrogens is 2. The number of non-ortho nitro benzene ring substituents is 1. The summed E-state index contributed by atoms with van der Waals surface area (Å²) in [5, 5.41) is 36.8. The van der Waals surface area contributed by atoms with Crippen molar-refractivity contribution in [1.29, 1.82) is 0 Å². The average molecular weight is 398 g/mol.